The highest BCUT2D eigenvalue weighted by molar-refractivity contribution is 5.83. The lowest BCUT2D eigenvalue weighted by molar-refractivity contribution is -0.154. The lowest BCUT2D eigenvalue weighted by atomic mass is 9.91. The van der Waals surface area contributed by atoms with Gasteiger partial charge in [-0.2, -0.15) is 0 Å². The standard InChI is InChI=1S/C11H16O3/c1-2-5-14-11-4-3-6-13-10(11)7-9(12)8-11/h2,10H,1,3-8H2/t10-,11-/m0/s1. The molecule has 0 amide bonds. The van der Waals surface area contributed by atoms with E-state index >= 15 is 0 Å². The average molecular weight is 196 g/mol. The number of Topliss-reactive ketones (excluding diaryl/α,β-unsaturated/α-hetero) is 1. The fourth-order valence-corrected chi connectivity index (χ4v) is 2.41. The second kappa shape index (κ2) is 3.83. The van der Waals surface area contributed by atoms with Gasteiger partial charge in [-0.05, 0) is 12.8 Å². The van der Waals surface area contributed by atoms with Crippen LogP contribution < -0.4 is 0 Å². The average Bonchev–Trinajstić information content (AvgIpc) is 2.51. The molecule has 0 aromatic heterocycles. The van der Waals surface area contributed by atoms with Crippen LogP contribution in [0.5, 0.6) is 0 Å². The highest BCUT2D eigenvalue weighted by Gasteiger charge is 2.50. The number of hydrogen-bond acceptors (Lipinski definition) is 3. The minimum atomic E-state index is -0.330. The summed E-state index contributed by atoms with van der Waals surface area (Å²) in [6, 6.07) is 0. The zero-order valence-corrected chi connectivity index (χ0v) is 8.33. The number of hydrogen-bond donors (Lipinski definition) is 0. The van der Waals surface area contributed by atoms with Crippen molar-refractivity contribution in [3.8, 4) is 0 Å². The van der Waals surface area contributed by atoms with E-state index in [0.29, 0.717) is 19.4 Å². The van der Waals surface area contributed by atoms with E-state index in [2.05, 4.69) is 6.58 Å². The normalized spacial score (nSPS) is 36.9. The number of rotatable bonds is 3. The molecule has 2 fully saturated rings. The quantitative estimate of drug-likeness (QED) is 0.641. The predicted molar refractivity (Wildman–Crippen MR) is 52.1 cm³/mol. The molecule has 2 rings (SSSR count). The fraction of sp³-hybridized carbons (Fsp3) is 0.727. The van der Waals surface area contributed by atoms with E-state index in [1.165, 1.54) is 0 Å². The summed E-state index contributed by atoms with van der Waals surface area (Å²) in [6.45, 7) is 4.89. The molecule has 0 aromatic rings. The van der Waals surface area contributed by atoms with Gasteiger partial charge in [-0.1, -0.05) is 6.08 Å². The number of fused-ring (bicyclic) bond motifs is 1. The molecule has 1 saturated carbocycles. The van der Waals surface area contributed by atoms with Crippen molar-refractivity contribution in [3.63, 3.8) is 0 Å². The van der Waals surface area contributed by atoms with Crippen molar-refractivity contribution in [2.75, 3.05) is 13.2 Å². The topological polar surface area (TPSA) is 35.5 Å². The SMILES string of the molecule is C=CCO[C@]12CCCO[C@H]1CC(=O)C2. The van der Waals surface area contributed by atoms with Crippen LogP contribution in [0.1, 0.15) is 25.7 Å². The first-order valence-corrected chi connectivity index (χ1v) is 5.15. The van der Waals surface area contributed by atoms with Gasteiger partial charge >= 0.3 is 0 Å². The van der Waals surface area contributed by atoms with Crippen LogP contribution in [-0.4, -0.2) is 30.7 Å². The van der Waals surface area contributed by atoms with E-state index in [0.717, 1.165) is 19.4 Å². The molecule has 0 N–H and O–H groups in total. The molecule has 0 radical (unpaired) electrons. The second-order valence-electron chi connectivity index (χ2n) is 4.05. The smallest absolute Gasteiger partial charge is 0.138 e. The van der Waals surface area contributed by atoms with Crippen LogP contribution in [0.25, 0.3) is 0 Å². The lowest BCUT2D eigenvalue weighted by Crippen LogP contribution is -2.45. The monoisotopic (exact) mass is 196 g/mol. The summed E-state index contributed by atoms with van der Waals surface area (Å²) in [5.41, 5.74) is -0.330. The maximum atomic E-state index is 11.4. The molecule has 1 heterocycles. The van der Waals surface area contributed by atoms with Crippen molar-refractivity contribution < 1.29 is 14.3 Å². The maximum Gasteiger partial charge on any atom is 0.138 e. The number of ether oxygens (including phenoxy) is 2. The first-order valence-electron chi connectivity index (χ1n) is 5.15. The Balaban J connectivity index is 2.10. The van der Waals surface area contributed by atoms with Gasteiger partial charge in [0.15, 0.2) is 0 Å². The van der Waals surface area contributed by atoms with Crippen molar-refractivity contribution in [1.82, 2.24) is 0 Å². The first kappa shape index (κ1) is 9.87. The Morgan fingerprint density at radius 1 is 1.71 bits per heavy atom. The van der Waals surface area contributed by atoms with E-state index in [1.54, 1.807) is 6.08 Å². The van der Waals surface area contributed by atoms with E-state index < -0.39 is 0 Å². The third kappa shape index (κ3) is 1.62. The minimum Gasteiger partial charge on any atom is -0.375 e. The van der Waals surface area contributed by atoms with Gasteiger partial charge in [-0.25, -0.2) is 0 Å². The maximum absolute atomic E-state index is 11.4. The third-order valence-electron chi connectivity index (χ3n) is 3.05. The van der Waals surface area contributed by atoms with Crippen LogP contribution in [0.3, 0.4) is 0 Å². The first-order chi connectivity index (χ1) is 6.77. The molecule has 3 heteroatoms. The van der Waals surface area contributed by atoms with Crippen LogP contribution in [0, 0.1) is 0 Å². The van der Waals surface area contributed by atoms with Crippen LogP contribution in [0.4, 0.5) is 0 Å². The third-order valence-corrected chi connectivity index (χ3v) is 3.05. The van der Waals surface area contributed by atoms with Gasteiger partial charge in [-0.3, -0.25) is 4.79 Å². The zero-order chi connectivity index (χ0) is 10.0. The van der Waals surface area contributed by atoms with Crippen molar-refractivity contribution >= 4 is 5.78 Å². The van der Waals surface area contributed by atoms with E-state index in [9.17, 15) is 4.79 Å². The molecule has 2 aliphatic rings. The van der Waals surface area contributed by atoms with Crippen LogP contribution in [0.2, 0.25) is 0 Å². The predicted octanol–water partition coefficient (Wildman–Crippen LogP) is 1.47. The summed E-state index contributed by atoms with van der Waals surface area (Å²) >= 11 is 0. The molecule has 0 aromatic carbocycles. The van der Waals surface area contributed by atoms with Gasteiger partial charge in [0.25, 0.3) is 0 Å². The van der Waals surface area contributed by atoms with E-state index in [1.807, 2.05) is 0 Å². The molecular formula is C11H16O3. The van der Waals surface area contributed by atoms with Crippen molar-refractivity contribution in [2.45, 2.75) is 37.4 Å². The van der Waals surface area contributed by atoms with Gasteiger partial charge in [0.05, 0.1) is 12.7 Å². The van der Waals surface area contributed by atoms with Gasteiger partial charge in [0.2, 0.25) is 0 Å². The lowest BCUT2D eigenvalue weighted by Gasteiger charge is -2.38. The molecule has 14 heavy (non-hydrogen) atoms. The Labute approximate surface area is 84.1 Å². The highest BCUT2D eigenvalue weighted by Crippen LogP contribution is 2.40. The van der Waals surface area contributed by atoms with Gasteiger partial charge in [-0.15, -0.1) is 6.58 Å². The van der Waals surface area contributed by atoms with Crippen LogP contribution in [-0.2, 0) is 14.3 Å². The summed E-state index contributed by atoms with van der Waals surface area (Å²) in [5.74, 6) is 0.265. The van der Waals surface area contributed by atoms with Gasteiger partial charge in [0, 0.05) is 19.4 Å². The minimum absolute atomic E-state index is 0.0105. The highest BCUT2D eigenvalue weighted by atomic mass is 16.6. The Hall–Kier alpha value is -0.670. The van der Waals surface area contributed by atoms with Crippen LogP contribution in [0.15, 0.2) is 12.7 Å². The molecule has 1 aliphatic carbocycles. The fourth-order valence-electron chi connectivity index (χ4n) is 2.41. The molecule has 0 spiro atoms. The van der Waals surface area contributed by atoms with Crippen molar-refractivity contribution in [1.29, 1.82) is 0 Å². The molecule has 0 bridgehead atoms. The Morgan fingerprint density at radius 2 is 2.57 bits per heavy atom. The number of ketones is 1. The molecule has 1 aliphatic heterocycles. The zero-order valence-electron chi connectivity index (χ0n) is 8.33. The largest absolute Gasteiger partial charge is 0.375 e. The van der Waals surface area contributed by atoms with Gasteiger partial charge < -0.3 is 9.47 Å². The summed E-state index contributed by atoms with van der Waals surface area (Å²) in [7, 11) is 0. The molecule has 0 unspecified atom stereocenters. The molecule has 3 nitrogen and oxygen atoms in total. The molecule has 1 saturated heterocycles. The number of carbonyl (C=O) groups is 1. The van der Waals surface area contributed by atoms with E-state index in [4.69, 9.17) is 9.47 Å². The van der Waals surface area contributed by atoms with Crippen LogP contribution >= 0.6 is 0 Å². The van der Waals surface area contributed by atoms with E-state index in [-0.39, 0.29) is 17.5 Å². The molecule has 78 valence electrons. The molecule has 2 atom stereocenters. The summed E-state index contributed by atoms with van der Waals surface area (Å²) in [5, 5.41) is 0. The summed E-state index contributed by atoms with van der Waals surface area (Å²) < 4.78 is 11.3. The molecular weight excluding hydrogens is 180 g/mol. The summed E-state index contributed by atoms with van der Waals surface area (Å²) in [4.78, 5) is 11.4. The van der Waals surface area contributed by atoms with Crippen molar-refractivity contribution in [2.24, 2.45) is 0 Å². The van der Waals surface area contributed by atoms with Crippen molar-refractivity contribution in [3.05, 3.63) is 12.7 Å². The Bertz CT molecular complexity index is 249. The second-order valence-corrected chi connectivity index (χ2v) is 4.05. The van der Waals surface area contributed by atoms with Gasteiger partial charge in [0.1, 0.15) is 11.4 Å². The Morgan fingerprint density at radius 3 is 3.36 bits per heavy atom. The Kier molecular flexibility index (Phi) is 2.70. The number of carbonyl (C=O) groups excluding carboxylic acids is 1. The summed E-state index contributed by atoms with van der Waals surface area (Å²) in [6.07, 6.45) is 4.69.